The molecule has 56 heavy (non-hydrogen) atoms. The Balaban J connectivity index is 1.18. The van der Waals surface area contributed by atoms with Crippen LogP contribution in [0.4, 0.5) is 17.1 Å². The second kappa shape index (κ2) is 14.7. The van der Waals surface area contributed by atoms with Crippen molar-refractivity contribution in [3.05, 3.63) is 224 Å². The summed E-state index contributed by atoms with van der Waals surface area (Å²) < 4.78 is 2.59. The SMILES string of the molecule is c1ccc(-c2ccc(-c3c(-c4ccccc4N(c4ccc(-c5ccccc5)cc4)c4ccc(-c5ccccc5)cc4)ccc4sc5ccccc5c34)cc2)cc1. The van der Waals surface area contributed by atoms with Crippen molar-refractivity contribution in [1.29, 1.82) is 0 Å². The first kappa shape index (κ1) is 33.6. The number of anilines is 3. The van der Waals surface area contributed by atoms with Gasteiger partial charge in [-0.3, -0.25) is 0 Å². The van der Waals surface area contributed by atoms with Crippen molar-refractivity contribution in [2.45, 2.75) is 0 Å². The van der Waals surface area contributed by atoms with Gasteiger partial charge < -0.3 is 4.90 Å². The first-order valence-electron chi connectivity index (χ1n) is 19.1. The molecule has 0 saturated carbocycles. The zero-order chi connectivity index (χ0) is 37.3. The van der Waals surface area contributed by atoms with Gasteiger partial charge in [0, 0.05) is 37.1 Å². The number of hydrogen-bond donors (Lipinski definition) is 0. The molecule has 9 aromatic carbocycles. The number of hydrogen-bond acceptors (Lipinski definition) is 2. The maximum absolute atomic E-state index is 2.41. The predicted molar refractivity (Wildman–Crippen MR) is 241 cm³/mol. The Morgan fingerprint density at radius 1 is 0.286 bits per heavy atom. The van der Waals surface area contributed by atoms with Gasteiger partial charge in [-0.05, 0) is 92.5 Å². The number of fused-ring (bicyclic) bond motifs is 3. The minimum atomic E-state index is 1.10. The van der Waals surface area contributed by atoms with Gasteiger partial charge in [0.2, 0.25) is 0 Å². The van der Waals surface area contributed by atoms with E-state index in [-0.39, 0.29) is 0 Å². The highest BCUT2D eigenvalue weighted by molar-refractivity contribution is 7.26. The topological polar surface area (TPSA) is 3.24 Å². The standard InChI is InChI=1S/C54H37NS/c1-4-14-38(15-5-1)41-24-26-44(27-25-41)53-48(36-37-52-54(53)49-21-11-13-23-51(49)56-52)47-20-10-12-22-50(47)55(45-32-28-42(29-33-45)39-16-6-2-7-17-39)46-34-30-43(31-35-46)40-18-8-3-9-19-40/h1-37H. The fourth-order valence-electron chi connectivity index (χ4n) is 7.99. The molecule has 2 heteroatoms. The van der Waals surface area contributed by atoms with Crippen LogP contribution in [0.3, 0.4) is 0 Å². The molecule has 264 valence electrons. The summed E-state index contributed by atoms with van der Waals surface area (Å²) in [5, 5.41) is 2.59. The summed E-state index contributed by atoms with van der Waals surface area (Å²) >= 11 is 1.87. The molecular weight excluding hydrogens is 695 g/mol. The van der Waals surface area contributed by atoms with Crippen LogP contribution in [0.5, 0.6) is 0 Å². The summed E-state index contributed by atoms with van der Waals surface area (Å²) in [6.45, 7) is 0. The van der Waals surface area contributed by atoms with Crippen molar-refractivity contribution in [3.8, 4) is 55.6 Å². The van der Waals surface area contributed by atoms with E-state index < -0.39 is 0 Å². The minimum Gasteiger partial charge on any atom is -0.310 e. The first-order valence-corrected chi connectivity index (χ1v) is 19.9. The third-order valence-corrected chi connectivity index (χ3v) is 11.9. The quantitative estimate of drug-likeness (QED) is 0.150. The van der Waals surface area contributed by atoms with E-state index in [1.54, 1.807) is 0 Å². The van der Waals surface area contributed by atoms with Gasteiger partial charge in [0.25, 0.3) is 0 Å². The molecule has 1 heterocycles. The second-order valence-corrected chi connectivity index (χ2v) is 15.2. The summed E-state index contributed by atoms with van der Waals surface area (Å²) in [6, 6.07) is 81.3. The number of nitrogens with zero attached hydrogens (tertiary/aromatic N) is 1. The van der Waals surface area contributed by atoms with Crippen molar-refractivity contribution in [2.75, 3.05) is 4.90 Å². The predicted octanol–water partition coefficient (Wildman–Crippen LogP) is 15.9. The Bertz CT molecular complexity index is 2830. The van der Waals surface area contributed by atoms with Gasteiger partial charge in [-0.1, -0.05) is 182 Å². The molecule has 10 aromatic rings. The molecule has 0 aliphatic heterocycles. The molecule has 0 aliphatic carbocycles. The maximum atomic E-state index is 2.41. The van der Waals surface area contributed by atoms with Crippen LogP contribution >= 0.6 is 11.3 Å². The Kier molecular flexibility index (Phi) is 8.79. The highest BCUT2D eigenvalue weighted by Crippen LogP contribution is 2.49. The van der Waals surface area contributed by atoms with Gasteiger partial charge in [0.15, 0.2) is 0 Å². The van der Waals surface area contributed by atoms with Gasteiger partial charge >= 0.3 is 0 Å². The number of thiophene rings is 1. The van der Waals surface area contributed by atoms with E-state index in [2.05, 4.69) is 229 Å². The largest absolute Gasteiger partial charge is 0.310 e. The van der Waals surface area contributed by atoms with Gasteiger partial charge in [0.1, 0.15) is 0 Å². The van der Waals surface area contributed by atoms with E-state index in [1.165, 1.54) is 75.8 Å². The molecular formula is C54H37NS. The maximum Gasteiger partial charge on any atom is 0.0540 e. The molecule has 0 saturated heterocycles. The second-order valence-electron chi connectivity index (χ2n) is 14.1. The van der Waals surface area contributed by atoms with E-state index in [4.69, 9.17) is 0 Å². The Morgan fingerprint density at radius 2 is 0.714 bits per heavy atom. The van der Waals surface area contributed by atoms with Crippen LogP contribution in [-0.4, -0.2) is 0 Å². The first-order chi connectivity index (χ1) is 27.8. The third-order valence-electron chi connectivity index (χ3n) is 10.7. The fraction of sp³-hybridized carbons (Fsp3) is 0. The van der Waals surface area contributed by atoms with Gasteiger partial charge in [-0.25, -0.2) is 0 Å². The number of benzene rings is 9. The van der Waals surface area contributed by atoms with Crippen molar-refractivity contribution in [1.82, 2.24) is 0 Å². The smallest absolute Gasteiger partial charge is 0.0540 e. The van der Waals surface area contributed by atoms with E-state index in [0.29, 0.717) is 0 Å². The normalized spacial score (nSPS) is 11.2. The number of para-hydroxylation sites is 1. The molecule has 0 radical (unpaired) electrons. The molecule has 10 rings (SSSR count). The zero-order valence-corrected chi connectivity index (χ0v) is 31.5. The van der Waals surface area contributed by atoms with Crippen LogP contribution in [0.2, 0.25) is 0 Å². The Labute approximate surface area is 332 Å². The minimum absolute atomic E-state index is 1.10. The van der Waals surface area contributed by atoms with E-state index in [0.717, 1.165) is 17.1 Å². The summed E-state index contributed by atoms with van der Waals surface area (Å²) in [5.74, 6) is 0. The molecule has 0 fully saturated rings. The van der Waals surface area contributed by atoms with Crippen LogP contribution in [0.1, 0.15) is 0 Å². The molecule has 0 atom stereocenters. The van der Waals surface area contributed by atoms with Crippen LogP contribution < -0.4 is 4.90 Å². The van der Waals surface area contributed by atoms with Gasteiger partial charge in [-0.15, -0.1) is 11.3 Å². The molecule has 0 bridgehead atoms. The molecule has 1 nitrogen and oxygen atoms in total. The van der Waals surface area contributed by atoms with E-state index in [9.17, 15) is 0 Å². The molecule has 0 spiro atoms. The molecule has 0 unspecified atom stereocenters. The lowest BCUT2D eigenvalue weighted by Gasteiger charge is -2.29. The molecule has 1 aromatic heterocycles. The molecule has 0 N–H and O–H groups in total. The molecule has 0 amide bonds. The summed E-state index contributed by atoms with van der Waals surface area (Å²) in [6.07, 6.45) is 0. The summed E-state index contributed by atoms with van der Waals surface area (Å²) in [7, 11) is 0. The van der Waals surface area contributed by atoms with Crippen molar-refractivity contribution in [2.24, 2.45) is 0 Å². The van der Waals surface area contributed by atoms with Crippen LogP contribution in [0, 0.1) is 0 Å². The Hall–Kier alpha value is -7.00. The van der Waals surface area contributed by atoms with Crippen molar-refractivity contribution in [3.63, 3.8) is 0 Å². The lowest BCUT2D eigenvalue weighted by molar-refractivity contribution is 1.28. The van der Waals surface area contributed by atoms with Crippen molar-refractivity contribution >= 4 is 48.6 Å². The average molecular weight is 732 g/mol. The zero-order valence-electron chi connectivity index (χ0n) is 30.7. The highest BCUT2D eigenvalue weighted by atomic mass is 32.1. The summed E-state index contributed by atoms with van der Waals surface area (Å²) in [5.41, 5.74) is 15.4. The van der Waals surface area contributed by atoms with Gasteiger partial charge in [-0.2, -0.15) is 0 Å². The monoisotopic (exact) mass is 731 g/mol. The van der Waals surface area contributed by atoms with E-state index in [1.807, 2.05) is 11.3 Å². The lowest BCUT2D eigenvalue weighted by atomic mass is 9.89. The van der Waals surface area contributed by atoms with Crippen molar-refractivity contribution < 1.29 is 0 Å². The highest BCUT2D eigenvalue weighted by Gasteiger charge is 2.22. The van der Waals surface area contributed by atoms with Gasteiger partial charge in [0.05, 0.1) is 5.69 Å². The van der Waals surface area contributed by atoms with Crippen LogP contribution in [0.15, 0.2) is 224 Å². The number of rotatable bonds is 8. The lowest BCUT2D eigenvalue weighted by Crippen LogP contribution is -2.11. The molecule has 0 aliphatic rings. The van der Waals surface area contributed by atoms with Crippen LogP contribution in [-0.2, 0) is 0 Å². The fourth-order valence-corrected chi connectivity index (χ4v) is 9.11. The third kappa shape index (κ3) is 6.26. The van der Waals surface area contributed by atoms with E-state index >= 15 is 0 Å². The summed E-state index contributed by atoms with van der Waals surface area (Å²) in [4.78, 5) is 2.41. The Morgan fingerprint density at radius 3 is 1.27 bits per heavy atom. The van der Waals surface area contributed by atoms with Crippen LogP contribution in [0.25, 0.3) is 75.8 Å². The average Bonchev–Trinajstić information content (AvgIpc) is 3.67.